The Morgan fingerprint density at radius 3 is 2.63 bits per heavy atom. The summed E-state index contributed by atoms with van der Waals surface area (Å²) in [6.45, 7) is 0.441. The summed E-state index contributed by atoms with van der Waals surface area (Å²) in [6, 6.07) is 13.1. The fourth-order valence-corrected chi connectivity index (χ4v) is 4.13. The topological polar surface area (TPSA) is 119 Å². The number of carbonyl (C=O) groups excluding carboxylic acids is 1. The number of thiazole rings is 1. The van der Waals surface area contributed by atoms with Gasteiger partial charge in [-0.15, -0.1) is 21.5 Å². The molecule has 0 spiro atoms. The first-order valence-corrected chi connectivity index (χ1v) is 10.9. The van der Waals surface area contributed by atoms with Gasteiger partial charge in [-0.05, 0) is 24.1 Å². The van der Waals surface area contributed by atoms with Crippen molar-refractivity contribution in [1.82, 2.24) is 25.5 Å². The molecule has 0 bridgehead atoms. The zero-order valence-electron chi connectivity index (χ0n) is 15.9. The Morgan fingerprint density at radius 2 is 1.90 bits per heavy atom. The molecule has 8 nitrogen and oxygen atoms in total. The van der Waals surface area contributed by atoms with Crippen LogP contribution in [0.15, 0.2) is 60.2 Å². The summed E-state index contributed by atoms with van der Waals surface area (Å²) in [6.07, 6.45) is 3.92. The predicted molar refractivity (Wildman–Crippen MR) is 119 cm³/mol. The summed E-state index contributed by atoms with van der Waals surface area (Å²) in [7, 11) is 0. The van der Waals surface area contributed by atoms with Crippen molar-refractivity contribution in [3.63, 3.8) is 0 Å². The molecule has 0 fully saturated rings. The molecular weight excluding hydrogens is 418 g/mol. The minimum Gasteiger partial charge on any atom is -0.375 e. The number of hydrogen-bond acceptors (Lipinski definition) is 9. The van der Waals surface area contributed by atoms with Crippen LogP contribution in [-0.2, 0) is 17.8 Å². The number of pyridine rings is 1. The second-order valence-corrected chi connectivity index (χ2v) is 8.30. The van der Waals surface area contributed by atoms with Gasteiger partial charge in [-0.2, -0.15) is 0 Å². The second kappa shape index (κ2) is 9.53. The highest BCUT2D eigenvalue weighted by Crippen LogP contribution is 2.25. The van der Waals surface area contributed by atoms with E-state index >= 15 is 0 Å². The van der Waals surface area contributed by atoms with Gasteiger partial charge in [0.2, 0.25) is 11.0 Å². The molecule has 30 heavy (non-hydrogen) atoms. The molecule has 0 saturated carbocycles. The molecule has 4 aromatic rings. The van der Waals surface area contributed by atoms with E-state index in [2.05, 4.69) is 30.8 Å². The van der Waals surface area contributed by atoms with Crippen molar-refractivity contribution in [2.75, 3.05) is 11.1 Å². The van der Waals surface area contributed by atoms with Crippen molar-refractivity contribution in [2.45, 2.75) is 19.0 Å². The quantitative estimate of drug-likeness (QED) is 0.388. The highest BCUT2D eigenvalue weighted by molar-refractivity contribution is 7.18. The first-order chi connectivity index (χ1) is 14.7. The molecule has 3 heterocycles. The van der Waals surface area contributed by atoms with E-state index in [1.54, 1.807) is 12.4 Å². The summed E-state index contributed by atoms with van der Waals surface area (Å²) >= 11 is 2.70. The lowest BCUT2D eigenvalue weighted by molar-refractivity contribution is -0.118. The summed E-state index contributed by atoms with van der Waals surface area (Å²) in [5.74, 6) is -0.181. The van der Waals surface area contributed by atoms with Crippen molar-refractivity contribution < 1.29 is 4.79 Å². The normalized spacial score (nSPS) is 11.9. The smallest absolute Gasteiger partial charge is 0.243 e. The van der Waals surface area contributed by atoms with Crippen molar-refractivity contribution in [3.8, 4) is 10.6 Å². The first kappa shape index (κ1) is 20.1. The highest BCUT2D eigenvalue weighted by atomic mass is 32.1. The molecule has 10 heteroatoms. The molecule has 0 saturated heterocycles. The number of rotatable bonds is 8. The van der Waals surface area contributed by atoms with E-state index < -0.39 is 6.04 Å². The summed E-state index contributed by atoms with van der Waals surface area (Å²) in [5.41, 5.74) is 8.47. The third-order valence-corrected chi connectivity index (χ3v) is 5.89. The average molecular weight is 438 g/mol. The number of nitrogen functional groups attached to an aromatic ring is 1. The number of amides is 1. The summed E-state index contributed by atoms with van der Waals surface area (Å²) in [4.78, 5) is 21.3. The van der Waals surface area contributed by atoms with Crippen LogP contribution in [0.3, 0.4) is 0 Å². The number of nitrogens with zero attached hydrogens (tertiary/aromatic N) is 4. The predicted octanol–water partition coefficient (Wildman–Crippen LogP) is 2.98. The van der Waals surface area contributed by atoms with Gasteiger partial charge >= 0.3 is 0 Å². The van der Waals surface area contributed by atoms with E-state index in [1.165, 1.54) is 22.7 Å². The Hall–Kier alpha value is -3.21. The summed E-state index contributed by atoms with van der Waals surface area (Å²) < 4.78 is 0. The molecule has 3 aromatic heterocycles. The number of nitrogens with one attached hydrogen (secondary N) is 2. The number of hydrogen-bond donors (Lipinski definition) is 3. The van der Waals surface area contributed by atoms with Crippen LogP contribution in [0.25, 0.3) is 10.6 Å². The number of aromatic nitrogens is 4. The van der Waals surface area contributed by atoms with Crippen molar-refractivity contribution in [3.05, 3.63) is 71.5 Å². The second-order valence-electron chi connectivity index (χ2n) is 6.44. The van der Waals surface area contributed by atoms with E-state index in [0.29, 0.717) is 23.2 Å². The van der Waals surface area contributed by atoms with Crippen LogP contribution in [0.2, 0.25) is 0 Å². The first-order valence-electron chi connectivity index (χ1n) is 9.19. The Morgan fingerprint density at radius 1 is 1.10 bits per heavy atom. The van der Waals surface area contributed by atoms with E-state index in [-0.39, 0.29) is 5.91 Å². The fraction of sp³-hybridized carbons (Fsp3) is 0.150. The van der Waals surface area contributed by atoms with Crippen LogP contribution in [0, 0.1) is 0 Å². The fourth-order valence-electron chi connectivity index (χ4n) is 2.82. The van der Waals surface area contributed by atoms with Crippen molar-refractivity contribution >= 4 is 38.8 Å². The van der Waals surface area contributed by atoms with E-state index in [0.717, 1.165) is 21.8 Å². The van der Waals surface area contributed by atoms with Crippen LogP contribution < -0.4 is 16.4 Å². The van der Waals surface area contributed by atoms with E-state index in [1.807, 2.05) is 47.8 Å². The van der Waals surface area contributed by atoms with E-state index in [4.69, 9.17) is 5.73 Å². The largest absolute Gasteiger partial charge is 0.375 e. The van der Waals surface area contributed by atoms with Gasteiger partial charge in [-0.3, -0.25) is 20.4 Å². The Kier molecular flexibility index (Phi) is 6.38. The molecule has 0 aliphatic rings. The highest BCUT2D eigenvalue weighted by Gasteiger charge is 2.21. The number of anilines is 2. The van der Waals surface area contributed by atoms with Crippen LogP contribution in [0.1, 0.15) is 11.3 Å². The van der Waals surface area contributed by atoms with Crippen molar-refractivity contribution in [2.24, 2.45) is 0 Å². The Bertz CT molecular complexity index is 1100. The van der Waals surface area contributed by atoms with Gasteiger partial charge in [0.25, 0.3) is 0 Å². The third kappa shape index (κ3) is 5.23. The maximum Gasteiger partial charge on any atom is 0.243 e. The average Bonchev–Trinajstić information content (AvgIpc) is 3.41. The summed E-state index contributed by atoms with van der Waals surface area (Å²) in [5, 5.41) is 18.0. The SMILES string of the molecule is Nc1nc(CN[C@@H](Cc2ccccc2)C(=O)Nc2nnc(-c3ccncc3)s2)cs1. The maximum absolute atomic E-state index is 13.0. The van der Waals surface area contributed by atoms with Gasteiger partial charge in [-0.25, -0.2) is 4.98 Å². The molecule has 0 radical (unpaired) electrons. The van der Waals surface area contributed by atoms with Gasteiger partial charge in [0.15, 0.2) is 5.13 Å². The Labute approximate surface area is 181 Å². The molecule has 1 atom stereocenters. The third-order valence-electron chi connectivity index (χ3n) is 4.28. The van der Waals surface area contributed by atoms with Crippen LogP contribution in [-0.4, -0.2) is 32.1 Å². The number of carbonyl (C=O) groups is 1. The molecular formula is C20H19N7OS2. The number of benzene rings is 1. The number of nitrogens with two attached hydrogens (primary N) is 1. The monoisotopic (exact) mass is 437 g/mol. The molecule has 4 N–H and O–H groups in total. The van der Waals surface area contributed by atoms with Crippen LogP contribution in [0.4, 0.5) is 10.3 Å². The molecule has 0 unspecified atom stereocenters. The molecule has 152 valence electrons. The molecule has 0 aliphatic carbocycles. The molecule has 1 aromatic carbocycles. The molecule has 4 rings (SSSR count). The van der Waals surface area contributed by atoms with E-state index in [9.17, 15) is 4.79 Å². The van der Waals surface area contributed by atoms with Gasteiger partial charge in [-0.1, -0.05) is 41.7 Å². The molecule has 1 amide bonds. The molecule has 0 aliphatic heterocycles. The maximum atomic E-state index is 13.0. The van der Waals surface area contributed by atoms with Crippen molar-refractivity contribution in [1.29, 1.82) is 0 Å². The minimum absolute atomic E-state index is 0.181. The lowest BCUT2D eigenvalue weighted by Crippen LogP contribution is -2.41. The van der Waals surface area contributed by atoms with Gasteiger partial charge in [0.1, 0.15) is 5.01 Å². The zero-order chi connectivity index (χ0) is 20.8. The van der Waals surface area contributed by atoms with Gasteiger partial charge in [0, 0.05) is 29.9 Å². The van der Waals surface area contributed by atoms with Gasteiger partial charge in [0.05, 0.1) is 11.7 Å². The lowest BCUT2D eigenvalue weighted by atomic mass is 10.1. The minimum atomic E-state index is -0.469. The zero-order valence-corrected chi connectivity index (χ0v) is 17.5. The van der Waals surface area contributed by atoms with Crippen LogP contribution in [0.5, 0.6) is 0 Å². The standard InChI is InChI=1S/C20H19N7OS2/c21-19-24-15(12-29-19)11-23-16(10-13-4-2-1-3-5-13)17(28)25-20-27-26-18(30-20)14-6-8-22-9-7-14/h1-9,12,16,23H,10-11H2,(H2,21,24)(H,25,27,28)/t16-/m0/s1. The Balaban J connectivity index is 1.46. The van der Waals surface area contributed by atoms with Crippen LogP contribution >= 0.6 is 22.7 Å². The van der Waals surface area contributed by atoms with Gasteiger partial charge < -0.3 is 5.73 Å². The lowest BCUT2D eigenvalue weighted by Gasteiger charge is -2.17.